The minimum Gasteiger partial charge on any atom is -0.302 e. The molecule has 1 aliphatic heterocycles. The molecule has 0 aromatic carbocycles. The van der Waals surface area contributed by atoms with Crippen LogP contribution in [0.5, 0.6) is 0 Å². The number of nitrogens with one attached hydrogen (secondary N) is 1. The van der Waals surface area contributed by atoms with Gasteiger partial charge in [0.25, 0.3) is 0 Å². The number of nitrogens with zero attached hydrogens (tertiary/aromatic N) is 2. The van der Waals surface area contributed by atoms with E-state index in [0.717, 1.165) is 25.8 Å². The van der Waals surface area contributed by atoms with Gasteiger partial charge in [-0.2, -0.15) is 0 Å². The van der Waals surface area contributed by atoms with Crippen LogP contribution in [0.2, 0.25) is 0 Å². The summed E-state index contributed by atoms with van der Waals surface area (Å²) in [6, 6.07) is 0. The molecule has 70 valence electrons. The summed E-state index contributed by atoms with van der Waals surface area (Å²) in [6.07, 6.45) is 2.31. The maximum absolute atomic E-state index is 10.4. The van der Waals surface area contributed by atoms with E-state index in [4.69, 9.17) is 0 Å². The van der Waals surface area contributed by atoms with Crippen LogP contribution >= 0.6 is 0 Å². The molecule has 1 fully saturated rings. The fourth-order valence-corrected chi connectivity index (χ4v) is 1.56. The lowest BCUT2D eigenvalue weighted by molar-refractivity contribution is -0.111. The molecular formula is C8H17N3O. The molecule has 1 atom stereocenters. The molecule has 0 aromatic heterocycles. The Labute approximate surface area is 73.5 Å². The lowest BCUT2D eigenvalue weighted by Crippen LogP contribution is -2.58. The molecular weight excluding hydrogens is 154 g/mol. The van der Waals surface area contributed by atoms with Crippen LogP contribution in [0, 0.1) is 0 Å². The van der Waals surface area contributed by atoms with Gasteiger partial charge >= 0.3 is 0 Å². The summed E-state index contributed by atoms with van der Waals surface area (Å²) in [5.74, 6) is 0. The molecule has 12 heavy (non-hydrogen) atoms. The fraction of sp³-hybridized carbons (Fsp3) is 0.875. The van der Waals surface area contributed by atoms with Crippen molar-refractivity contribution in [3.63, 3.8) is 0 Å². The van der Waals surface area contributed by atoms with Crippen LogP contribution in [-0.4, -0.2) is 56.1 Å². The van der Waals surface area contributed by atoms with Crippen LogP contribution in [0.1, 0.15) is 6.42 Å². The van der Waals surface area contributed by atoms with Crippen molar-refractivity contribution < 1.29 is 4.79 Å². The number of hydrogen-bond acceptors (Lipinski definition) is 4. The highest BCUT2D eigenvalue weighted by Crippen LogP contribution is 2.04. The first-order valence-electron chi connectivity index (χ1n) is 4.33. The van der Waals surface area contributed by atoms with Gasteiger partial charge in [0, 0.05) is 6.54 Å². The topological polar surface area (TPSA) is 35.6 Å². The zero-order chi connectivity index (χ0) is 8.97. The number of aldehydes is 1. The van der Waals surface area contributed by atoms with Gasteiger partial charge in [-0.1, -0.05) is 0 Å². The van der Waals surface area contributed by atoms with Gasteiger partial charge in [0.1, 0.15) is 12.6 Å². The first-order chi connectivity index (χ1) is 5.75. The maximum Gasteiger partial charge on any atom is 0.134 e. The van der Waals surface area contributed by atoms with Gasteiger partial charge < -0.3 is 4.79 Å². The highest BCUT2D eigenvalue weighted by molar-refractivity contribution is 5.52. The number of hydrogen-bond donors (Lipinski definition) is 1. The average molecular weight is 171 g/mol. The number of carbonyl (C=O) groups is 1. The largest absolute Gasteiger partial charge is 0.302 e. The van der Waals surface area contributed by atoms with E-state index in [1.54, 1.807) is 0 Å². The normalized spacial score (nSPS) is 26.1. The Morgan fingerprint density at radius 2 is 2.42 bits per heavy atom. The molecule has 1 aliphatic rings. The Morgan fingerprint density at radius 1 is 1.67 bits per heavy atom. The van der Waals surface area contributed by atoms with Gasteiger partial charge in [0.2, 0.25) is 0 Å². The number of rotatable bonds is 3. The van der Waals surface area contributed by atoms with Crippen LogP contribution < -0.4 is 5.32 Å². The van der Waals surface area contributed by atoms with Gasteiger partial charge in [-0.15, -0.1) is 0 Å². The van der Waals surface area contributed by atoms with E-state index in [1.807, 2.05) is 14.1 Å². The second-order valence-corrected chi connectivity index (χ2v) is 3.31. The second kappa shape index (κ2) is 4.54. The molecule has 0 radical (unpaired) electrons. The molecule has 1 unspecified atom stereocenters. The van der Waals surface area contributed by atoms with Gasteiger partial charge in [-0.3, -0.25) is 15.1 Å². The van der Waals surface area contributed by atoms with Crippen molar-refractivity contribution >= 4 is 6.29 Å². The molecule has 1 N–H and O–H groups in total. The molecule has 0 aliphatic carbocycles. The summed E-state index contributed by atoms with van der Waals surface area (Å²) in [5, 5.41) is 3.35. The highest BCUT2D eigenvalue weighted by atomic mass is 16.1. The molecule has 0 saturated carbocycles. The van der Waals surface area contributed by atoms with Crippen LogP contribution in [0.4, 0.5) is 0 Å². The molecule has 0 aromatic rings. The fourth-order valence-electron chi connectivity index (χ4n) is 1.56. The third-order valence-electron chi connectivity index (χ3n) is 2.09. The van der Waals surface area contributed by atoms with E-state index in [9.17, 15) is 4.79 Å². The highest BCUT2D eigenvalue weighted by Gasteiger charge is 2.22. The van der Waals surface area contributed by atoms with E-state index in [0.29, 0.717) is 6.54 Å². The Bertz CT molecular complexity index is 149. The minimum absolute atomic E-state index is 0.226. The molecule has 0 amide bonds. The van der Waals surface area contributed by atoms with Gasteiger partial charge in [0.05, 0.1) is 6.54 Å². The summed E-state index contributed by atoms with van der Waals surface area (Å²) in [7, 11) is 4.03. The van der Waals surface area contributed by atoms with Crippen molar-refractivity contribution in [3.8, 4) is 0 Å². The predicted molar refractivity (Wildman–Crippen MR) is 47.7 cm³/mol. The monoisotopic (exact) mass is 171 g/mol. The molecule has 1 heterocycles. The quantitative estimate of drug-likeness (QED) is 0.571. The van der Waals surface area contributed by atoms with Crippen molar-refractivity contribution in [3.05, 3.63) is 0 Å². The van der Waals surface area contributed by atoms with Crippen molar-refractivity contribution in [1.29, 1.82) is 0 Å². The van der Waals surface area contributed by atoms with Crippen molar-refractivity contribution in [2.75, 3.05) is 33.7 Å². The van der Waals surface area contributed by atoms with Crippen molar-refractivity contribution in [2.24, 2.45) is 0 Å². The zero-order valence-corrected chi connectivity index (χ0v) is 7.79. The van der Waals surface area contributed by atoms with Crippen LogP contribution in [0.25, 0.3) is 0 Å². The van der Waals surface area contributed by atoms with E-state index in [-0.39, 0.29) is 6.29 Å². The Hall–Kier alpha value is -0.450. The SMILES string of the molecule is CN(C)C1NCCCN1CC=O. The minimum atomic E-state index is 0.226. The van der Waals surface area contributed by atoms with E-state index < -0.39 is 0 Å². The first-order valence-corrected chi connectivity index (χ1v) is 4.33. The smallest absolute Gasteiger partial charge is 0.134 e. The third kappa shape index (κ3) is 2.27. The average Bonchev–Trinajstić information content (AvgIpc) is 2.05. The summed E-state index contributed by atoms with van der Waals surface area (Å²) in [5.41, 5.74) is 0. The Kier molecular flexibility index (Phi) is 3.65. The summed E-state index contributed by atoms with van der Waals surface area (Å²) < 4.78 is 0. The Morgan fingerprint density at radius 3 is 3.00 bits per heavy atom. The first kappa shape index (κ1) is 9.64. The van der Waals surface area contributed by atoms with E-state index in [2.05, 4.69) is 15.1 Å². The van der Waals surface area contributed by atoms with Crippen LogP contribution in [-0.2, 0) is 4.79 Å². The lowest BCUT2D eigenvalue weighted by Gasteiger charge is -2.39. The molecule has 0 spiro atoms. The number of carbonyl (C=O) groups excluding carboxylic acids is 1. The van der Waals surface area contributed by atoms with E-state index in [1.165, 1.54) is 0 Å². The standard InChI is InChI=1S/C8H17N3O/c1-10(2)8-9-4-3-5-11(8)6-7-12/h7-9H,3-6H2,1-2H3. The van der Waals surface area contributed by atoms with Crippen LogP contribution in [0.15, 0.2) is 0 Å². The van der Waals surface area contributed by atoms with Crippen molar-refractivity contribution in [1.82, 2.24) is 15.1 Å². The predicted octanol–water partition coefficient (Wildman–Crippen LogP) is -0.674. The van der Waals surface area contributed by atoms with Gasteiger partial charge in [0.15, 0.2) is 0 Å². The van der Waals surface area contributed by atoms with Crippen molar-refractivity contribution in [2.45, 2.75) is 12.7 Å². The van der Waals surface area contributed by atoms with Gasteiger partial charge in [-0.05, 0) is 27.1 Å². The molecule has 1 rings (SSSR count). The molecule has 4 heteroatoms. The van der Waals surface area contributed by atoms with E-state index >= 15 is 0 Å². The molecule has 4 nitrogen and oxygen atoms in total. The molecule has 1 saturated heterocycles. The maximum atomic E-state index is 10.4. The summed E-state index contributed by atoms with van der Waals surface area (Å²) >= 11 is 0. The Balaban J connectivity index is 2.47. The summed E-state index contributed by atoms with van der Waals surface area (Å²) in [4.78, 5) is 14.6. The lowest BCUT2D eigenvalue weighted by atomic mass is 10.3. The molecule has 0 bridgehead atoms. The zero-order valence-electron chi connectivity index (χ0n) is 7.79. The second-order valence-electron chi connectivity index (χ2n) is 3.31. The van der Waals surface area contributed by atoms with Crippen LogP contribution in [0.3, 0.4) is 0 Å². The summed E-state index contributed by atoms with van der Waals surface area (Å²) in [6.45, 7) is 2.57. The third-order valence-corrected chi connectivity index (χ3v) is 2.09. The van der Waals surface area contributed by atoms with Gasteiger partial charge in [-0.25, -0.2) is 0 Å².